The molecule has 10 nitrogen and oxygen atoms in total. The van der Waals surface area contributed by atoms with Crippen LogP contribution in [0.4, 0.5) is 17.1 Å². The van der Waals surface area contributed by atoms with E-state index in [-0.39, 0.29) is 23.3 Å². The van der Waals surface area contributed by atoms with Crippen molar-refractivity contribution in [2.45, 2.75) is 20.4 Å². The molecule has 0 unspecified atom stereocenters. The van der Waals surface area contributed by atoms with E-state index in [0.29, 0.717) is 34.8 Å². The Morgan fingerprint density at radius 1 is 0.707 bits per heavy atom. The van der Waals surface area contributed by atoms with Gasteiger partial charge in [0.15, 0.2) is 0 Å². The van der Waals surface area contributed by atoms with Crippen LogP contribution in [0.15, 0.2) is 96.1 Å². The highest BCUT2D eigenvalue weighted by Crippen LogP contribution is 2.25. The fraction of sp³-hybridized carbons (Fsp3) is 0.0968. The zero-order valence-electron chi connectivity index (χ0n) is 22.2. The molecule has 0 spiro atoms. The van der Waals surface area contributed by atoms with Gasteiger partial charge >= 0.3 is 5.97 Å². The summed E-state index contributed by atoms with van der Waals surface area (Å²) in [4.78, 5) is 71.1. The van der Waals surface area contributed by atoms with Crippen LogP contribution in [0.25, 0.3) is 0 Å². The molecule has 0 aliphatic carbocycles. The van der Waals surface area contributed by atoms with Gasteiger partial charge in [0.1, 0.15) is 12.5 Å². The minimum Gasteiger partial charge on any atom is -0.423 e. The molecule has 206 valence electrons. The van der Waals surface area contributed by atoms with E-state index in [1.54, 1.807) is 50.2 Å². The lowest BCUT2D eigenvalue weighted by Gasteiger charge is -2.15. The van der Waals surface area contributed by atoms with E-state index in [9.17, 15) is 24.0 Å². The van der Waals surface area contributed by atoms with E-state index in [4.69, 9.17) is 9.53 Å². The van der Waals surface area contributed by atoms with Crippen molar-refractivity contribution >= 4 is 53.4 Å². The molecule has 2 aliphatic rings. The van der Waals surface area contributed by atoms with Crippen molar-refractivity contribution in [2.24, 2.45) is 0 Å². The standard InChI is InChI=1S/C30H23N3O6.CH2O/c1-18-15-26(34)32(28(18)36)23-9-3-20(4-10-23)17-31-22-7-13-25(14-8-22)39-30(38)21-5-11-24(12-6-21)33-27(35)16-19(2)29(33)37;1-2/h3-16,31H,17H2,1-2H3;1H2. The first-order valence-corrected chi connectivity index (χ1v) is 12.4. The molecule has 0 radical (unpaired) electrons. The Morgan fingerprint density at radius 2 is 1.17 bits per heavy atom. The Balaban J connectivity index is 0.00000189. The third-order valence-electron chi connectivity index (χ3n) is 6.32. The fourth-order valence-electron chi connectivity index (χ4n) is 4.19. The summed E-state index contributed by atoms with van der Waals surface area (Å²) in [6.07, 6.45) is 2.61. The normalized spacial score (nSPS) is 14.4. The van der Waals surface area contributed by atoms with Gasteiger partial charge in [-0.3, -0.25) is 19.2 Å². The van der Waals surface area contributed by atoms with Crippen molar-refractivity contribution in [3.8, 4) is 5.75 Å². The summed E-state index contributed by atoms with van der Waals surface area (Å²) in [5, 5.41) is 3.27. The van der Waals surface area contributed by atoms with Gasteiger partial charge < -0.3 is 14.8 Å². The van der Waals surface area contributed by atoms with E-state index in [1.165, 1.54) is 36.4 Å². The molecule has 3 aromatic rings. The highest BCUT2D eigenvalue weighted by molar-refractivity contribution is 6.31. The Morgan fingerprint density at radius 3 is 1.61 bits per heavy atom. The van der Waals surface area contributed by atoms with Crippen molar-refractivity contribution in [2.75, 3.05) is 15.1 Å². The van der Waals surface area contributed by atoms with Crippen LogP contribution in [0.3, 0.4) is 0 Å². The molecule has 0 aromatic heterocycles. The molecular weight excluding hydrogens is 526 g/mol. The van der Waals surface area contributed by atoms with E-state index >= 15 is 0 Å². The maximum absolute atomic E-state index is 12.6. The molecule has 3 aromatic carbocycles. The molecule has 10 heteroatoms. The van der Waals surface area contributed by atoms with Crippen LogP contribution in [0.2, 0.25) is 0 Å². The number of imide groups is 2. The summed E-state index contributed by atoms with van der Waals surface area (Å²) in [7, 11) is 0. The molecule has 2 heterocycles. The zero-order valence-corrected chi connectivity index (χ0v) is 22.2. The number of nitrogens with zero attached hydrogens (tertiary/aromatic N) is 2. The van der Waals surface area contributed by atoms with E-state index in [2.05, 4.69) is 5.32 Å². The summed E-state index contributed by atoms with van der Waals surface area (Å²) < 4.78 is 5.44. The summed E-state index contributed by atoms with van der Waals surface area (Å²) in [6, 6.07) is 20.1. The third kappa shape index (κ3) is 6.01. The van der Waals surface area contributed by atoms with Crippen LogP contribution in [0.5, 0.6) is 5.75 Å². The SMILES string of the molecule is C=O.CC1=CC(=O)N(c2ccc(CNc3ccc(OC(=O)c4ccc(N5C(=O)C=C(C)C5=O)cc4)cc3)cc2)C1=O. The van der Waals surface area contributed by atoms with E-state index < -0.39 is 11.9 Å². The molecule has 0 saturated heterocycles. The van der Waals surface area contributed by atoms with Crippen LogP contribution in [-0.4, -0.2) is 36.4 Å². The smallest absolute Gasteiger partial charge is 0.343 e. The van der Waals surface area contributed by atoms with Crippen molar-refractivity contribution in [3.63, 3.8) is 0 Å². The monoisotopic (exact) mass is 551 g/mol. The fourth-order valence-corrected chi connectivity index (χ4v) is 4.19. The molecule has 0 atom stereocenters. The van der Waals surface area contributed by atoms with Gasteiger partial charge in [-0.15, -0.1) is 0 Å². The topological polar surface area (TPSA) is 130 Å². The van der Waals surface area contributed by atoms with Gasteiger partial charge in [-0.25, -0.2) is 14.6 Å². The largest absolute Gasteiger partial charge is 0.423 e. The van der Waals surface area contributed by atoms with Crippen molar-refractivity contribution < 1.29 is 33.5 Å². The number of esters is 1. The lowest BCUT2D eigenvalue weighted by atomic mass is 10.2. The zero-order chi connectivity index (χ0) is 29.7. The van der Waals surface area contributed by atoms with Crippen molar-refractivity contribution in [3.05, 3.63) is 107 Å². The molecule has 5 rings (SSSR count). The third-order valence-corrected chi connectivity index (χ3v) is 6.32. The van der Waals surface area contributed by atoms with E-state index in [1.807, 2.05) is 18.9 Å². The number of hydrogen-bond donors (Lipinski definition) is 1. The summed E-state index contributed by atoms with van der Waals surface area (Å²) in [6.45, 7) is 5.69. The number of amides is 4. The van der Waals surface area contributed by atoms with Crippen LogP contribution in [0.1, 0.15) is 29.8 Å². The first-order valence-electron chi connectivity index (χ1n) is 12.4. The molecular formula is C31H25N3O7. The Hall–Kier alpha value is -5.64. The molecule has 0 bridgehead atoms. The number of nitrogens with one attached hydrogen (secondary N) is 1. The first kappa shape index (κ1) is 28.4. The summed E-state index contributed by atoms with van der Waals surface area (Å²) in [5.74, 6) is -1.68. The second-order valence-electron chi connectivity index (χ2n) is 9.09. The maximum Gasteiger partial charge on any atom is 0.343 e. The lowest BCUT2D eigenvalue weighted by molar-refractivity contribution is -0.121. The number of carbonyl (C=O) groups excluding carboxylic acids is 6. The Kier molecular flexibility index (Phi) is 8.33. The molecule has 1 N–H and O–H groups in total. The van der Waals surface area contributed by atoms with Crippen molar-refractivity contribution in [1.82, 2.24) is 0 Å². The average Bonchev–Trinajstić information content (AvgIpc) is 3.39. The van der Waals surface area contributed by atoms with Crippen LogP contribution in [0, 0.1) is 0 Å². The molecule has 2 aliphatic heterocycles. The average molecular weight is 552 g/mol. The molecule has 0 saturated carbocycles. The molecule has 4 amide bonds. The summed E-state index contributed by atoms with van der Waals surface area (Å²) in [5.41, 5.74) is 3.70. The van der Waals surface area contributed by atoms with E-state index in [0.717, 1.165) is 21.1 Å². The molecule has 41 heavy (non-hydrogen) atoms. The minimum atomic E-state index is -0.573. The van der Waals surface area contributed by atoms with Gasteiger partial charge in [-0.1, -0.05) is 12.1 Å². The van der Waals surface area contributed by atoms with Gasteiger partial charge in [-0.05, 0) is 80.1 Å². The number of rotatable bonds is 7. The Bertz CT molecular complexity index is 1590. The molecule has 0 fully saturated rings. The number of hydrogen-bond acceptors (Lipinski definition) is 8. The highest BCUT2D eigenvalue weighted by Gasteiger charge is 2.30. The number of carbonyl (C=O) groups is 6. The number of ether oxygens (including phenoxy) is 1. The number of anilines is 3. The lowest BCUT2D eigenvalue weighted by Crippen LogP contribution is -2.30. The van der Waals surface area contributed by atoms with Crippen LogP contribution < -0.4 is 19.9 Å². The van der Waals surface area contributed by atoms with Crippen LogP contribution >= 0.6 is 0 Å². The predicted octanol–water partition coefficient (Wildman–Crippen LogP) is 3.97. The number of benzene rings is 3. The Labute approximate surface area is 235 Å². The summed E-state index contributed by atoms with van der Waals surface area (Å²) >= 11 is 0. The van der Waals surface area contributed by atoms with Gasteiger partial charge in [0.2, 0.25) is 0 Å². The quantitative estimate of drug-likeness (QED) is 0.265. The van der Waals surface area contributed by atoms with Gasteiger partial charge in [0.25, 0.3) is 23.6 Å². The van der Waals surface area contributed by atoms with Crippen LogP contribution in [-0.2, 0) is 30.5 Å². The van der Waals surface area contributed by atoms with Crippen molar-refractivity contribution in [1.29, 1.82) is 0 Å². The highest BCUT2D eigenvalue weighted by atomic mass is 16.5. The first-order chi connectivity index (χ1) is 19.7. The van der Waals surface area contributed by atoms with Gasteiger partial charge in [-0.2, -0.15) is 0 Å². The minimum absolute atomic E-state index is 0.274. The van der Waals surface area contributed by atoms with Gasteiger partial charge in [0, 0.05) is 35.5 Å². The second kappa shape index (κ2) is 12.0. The predicted molar refractivity (Wildman–Crippen MR) is 151 cm³/mol. The van der Waals surface area contributed by atoms with Gasteiger partial charge in [0.05, 0.1) is 16.9 Å². The second-order valence-corrected chi connectivity index (χ2v) is 9.09. The maximum atomic E-state index is 12.6.